The van der Waals surface area contributed by atoms with Gasteiger partial charge < -0.3 is 4.57 Å². The third-order valence-electron chi connectivity index (χ3n) is 7.83. The minimum atomic E-state index is -0.631. The maximum Gasteiger partial charge on any atom is 0.110 e. The largest absolute Gasteiger partial charge is 0.340 e. The van der Waals surface area contributed by atoms with E-state index >= 15 is 0 Å². The number of aromatic nitrogens is 1. The third-order valence-corrected chi connectivity index (χ3v) is 7.83. The Bertz CT molecular complexity index is 1800. The molecule has 0 N–H and O–H groups in total. The molecule has 1 heterocycles. The van der Waals surface area contributed by atoms with Crippen LogP contribution in [-0.2, 0) is 12.0 Å². The number of hydrogen-bond acceptors (Lipinski definition) is 0. The Hall–Kier alpha value is -4.80. The summed E-state index contributed by atoms with van der Waals surface area (Å²) >= 11 is 0. The second-order valence-corrected chi connectivity index (χ2v) is 9.81. The molecule has 0 atom stereocenters. The summed E-state index contributed by atoms with van der Waals surface area (Å²) in [5.74, 6) is 7.54. The standard InChI is InChI=1S/C37H27N/c1-2-38-34-24-14-11-21-31(34)35(36(38)28-17-7-4-8-18-28)37(26-25-27-15-5-3-6-16-27)32-22-12-9-19-29(32)30-20-10-13-23-33(30)37/h3-24H,2H2,1H3. The van der Waals surface area contributed by atoms with E-state index in [1.54, 1.807) is 0 Å². The average molecular weight is 486 g/mol. The third kappa shape index (κ3) is 3.21. The molecule has 1 heteroatoms. The lowest BCUT2D eigenvalue weighted by molar-refractivity contribution is 0.783. The summed E-state index contributed by atoms with van der Waals surface area (Å²) in [6, 6.07) is 47.7. The molecule has 0 unspecified atom stereocenters. The van der Waals surface area contributed by atoms with E-state index in [-0.39, 0.29) is 0 Å². The van der Waals surface area contributed by atoms with Gasteiger partial charge in [0.05, 0.1) is 5.69 Å². The zero-order chi connectivity index (χ0) is 25.5. The van der Waals surface area contributed by atoms with Crippen molar-refractivity contribution in [3.63, 3.8) is 0 Å². The van der Waals surface area contributed by atoms with Crippen LogP contribution in [0.15, 0.2) is 133 Å². The molecule has 1 aliphatic rings. The molecule has 0 radical (unpaired) electrons. The highest BCUT2D eigenvalue weighted by Crippen LogP contribution is 2.56. The summed E-state index contributed by atoms with van der Waals surface area (Å²) in [5, 5.41) is 1.25. The predicted octanol–water partition coefficient (Wildman–Crippen LogP) is 8.69. The van der Waals surface area contributed by atoms with Gasteiger partial charge in [-0.05, 0) is 52.9 Å². The van der Waals surface area contributed by atoms with Crippen LogP contribution < -0.4 is 0 Å². The van der Waals surface area contributed by atoms with Crippen molar-refractivity contribution >= 4 is 10.9 Å². The van der Waals surface area contributed by atoms with Crippen LogP contribution >= 0.6 is 0 Å². The SMILES string of the molecule is CCn1c(-c2ccccc2)c(C2(C#Cc3ccccc3)c3ccccc3-c3ccccc32)c2ccccc21. The molecule has 0 amide bonds. The molecule has 0 bridgehead atoms. The van der Waals surface area contributed by atoms with E-state index in [1.807, 2.05) is 6.07 Å². The first-order valence-corrected chi connectivity index (χ1v) is 13.3. The van der Waals surface area contributed by atoms with Gasteiger partial charge in [0.25, 0.3) is 0 Å². The fourth-order valence-electron chi connectivity index (χ4n) is 6.30. The summed E-state index contributed by atoms with van der Waals surface area (Å²) in [7, 11) is 0. The molecule has 180 valence electrons. The Labute approximate surface area is 224 Å². The average Bonchev–Trinajstić information content (AvgIpc) is 3.48. The van der Waals surface area contributed by atoms with Gasteiger partial charge in [-0.15, -0.1) is 0 Å². The number of fused-ring (bicyclic) bond motifs is 4. The van der Waals surface area contributed by atoms with Crippen molar-refractivity contribution < 1.29 is 0 Å². The van der Waals surface area contributed by atoms with Crippen molar-refractivity contribution in [1.29, 1.82) is 0 Å². The van der Waals surface area contributed by atoms with Crippen LogP contribution in [0, 0.1) is 11.8 Å². The monoisotopic (exact) mass is 485 g/mol. The zero-order valence-electron chi connectivity index (χ0n) is 21.4. The smallest absolute Gasteiger partial charge is 0.110 e. The van der Waals surface area contributed by atoms with Gasteiger partial charge in [-0.3, -0.25) is 0 Å². The highest BCUT2D eigenvalue weighted by molar-refractivity contribution is 5.99. The van der Waals surface area contributed by atoms with Crippen LogP contribution in [0.3, 0.4) is 0 Å². The van der Waals surface area contributed by atoms with Gasteiger partial charge in [-0.2, -0.15) is 0 Å². The maximum atomic E-state index is 3.92. The molecule has 0 saturated carbocycles. The van der Waals surface area contributed by atoms with Gasteiger partial charge in [-0.1, -0.05) is 127 Å². The quantitative estimate of drug-likeness (QED) is 0.221. The van der Waals surface area contributed by atoms with E-state index in [9.17, 15) is 0 Å². The summed E-state index contributed by atoms with van der Waals surface area (Å²) in [6.45, 7) is 3.11. The molecule has 38 heavy (non-hydrogen) atoms. The van der Waals surface area contributed by atoms with E-state index in [2.05, 4.69) is 151 Å². The normalized spacial score (nSPS) is 13.0. The molecule has 7 rings (SSSR count). The molecule has 1 nitrogen and oxygen atoms in total. The van der Waals surface area contributed by atoms with Crippen molar-refractivity contribution in [2.45, 2.75) is 18.9 Å². The van der Waals surface area contributed by atoms with Crippen LogP contribution in [0.5, 0.6) is 0 Å². The number of nitrogens with zero attached hydrogens (tertiary/aromatic N) is 1. The fourth-order valence-corrected chi connectivity index (χ4v) is 6.30. The van der Waals surface area contributed by atoms with E-state index in [0.29, 0.717) is 0 Å². The number of benzene rings is 5. The van der Waals surface area contributed by atoms with E-state index < -0.39 is 5.41 Å². The maximum absolute atomic E-state index is 3.92. The van der Waals surface area contributed by atoms with Crippen LogP contribution in [0.4, 0.5) is 0 Å². The topological polar surface area (TPSA) is 4.93 Å². The summed E-state index contributed by atoms with van der Waals surface area (Å²) < 4.78 is 2.47. The fraction of sp³-hybridized carbons (Fsp3) is 0.0811. The Morgan fingerprint density at radius 2 is 1.16 bits per heavy atom. The molecule has 1 aromatic heterocycles. The highest BCUT2D eigenvalue weighted by atomic mass is 15.0. The molecule has 1 aliphatic carbocycles. The first-order valence-electron chi connectivity index (χ1n) is 13.3. The lowest BCUT2D eigenvalue weighted by Gasteiger charge is -2.29. The van der Waals surface area contributed by atoms with Crippen LogP contribution in [0.1, 0.15) is 29.2 Å². The molecule has 0 fully saturated rings. The van der Waals surface area contributed by atoms with Crippen molar-refractivity contribution in [2.24, 2.45) is 0 Å². The van der Waals surface area contributed by atoms with Gasteiger partial charge >= 0.3 is 0 Å². The van der Waals surface area contributed by atoms with E-state index in [1.165, 1.54) is 50.0 Å². The Morgan fingerprint density at radius 3 is 1.82 bits per heavy atom. The number of hydrogen-bond donors (Lipinski definition) is 0. The highest BCUT2D eigenvalue weighted by Gasteiger charge is 2.47. The Morgan fingerprint density at radius 1 is 0.605 bits per heavy atom. The zero-order valence-corrected chi connectivity index (χ0v) is 21.4. The van der Waals surface area contributed by atoms with Crippen molar-refractivity contribution in [3.8, 4) is 34.2 Å². The minimum absolute atomic E-state index is 0.631. The van der Waals surface area contributed by atoms with E-state index in [4.69, 9.17) is 0 Å². The first-order chi connectivity index (χ1) is 18.8. The number of rotatable bonds is 3. The second-order valence-electron chi connectivity index (χ2n) is 9.81. The molecular formula is C37H27N. The summed E-state index contributed by atoms with van der Waals surface area (Å²) in [6.07, 6.45) is 0. The van der Waals surface area contributed by atoms with Gasteiger partial charge in [0.15, 0.2) is 0 Å². The molecule has 0 spiro atoms. The predicted molar refractivity (Wildman–Crippen MR) is 158 cm³/mol. The lowest BCUT2D eigenvalue weighted by atomic mass is 9.71. The second kappa shape index (κ2) is 8.94. The number of para-hydroxylation sites is 1. The lowest BCUT2D eigenvalue weighted by Crippen LogP contribution is -2.26. The number of aryl methyl sites for hydroxylation is 1. The van der Waals surface area contributed by atoms with E-state index in [0.717, 1.165) is 12.1 Å². The molecule has 0 saturated heterocycles. The Kier molecular flexibility index (Phi) is 5.27. The van der Waals surface area contributed by atoms with Crippen LogP contribution in [0.25, 0.3) is 33.3 Å². The van der Waals surface area contributed by atoms with Crippen molar-refractivity contribution in [2.75, 3.05) is 0 Å². The molecular weight excluding hydrogens is 458 g/mol. The minimum Gasteiger partial charge on any atom is -0.340 e. The summed E-state index contributed by atoms with van der Waals surface area (Å²) in [5.41, 5.74) is 10.4. The molecule has 0 aliphatic heterocycles. The molecule has 6 aromatic rings. The first kappa shape index (κ1) is 22.4. The van der Waals surface area contributed by atoms with Crippen LogP contribution in [0.2, 0.25) is 0 Å². The van der Waals surface area contributed by atoms with Crippen molar-refractivity contribution in [3.05, 3.63) is 156 Å². The van der Waals surface area contributed by atoms with Gasteiger partial charge in [0.2, 0.25) is 0 Å². The summed E-state index contributed by atoms with van der Waals surface area (Å²) in [4.78, 5) is 0. The molecule has 5 aromatic carbocycles. The van der Waals surface area contributed by atoms with Gasteiger partial charge in [0.1, 0.15) is 5.41 Å². The van der Waals surface area contributed by atoms with Crippen molar-refractivity contribution in [1.82, 2.24) is 4.57 Å². The van der Waals surface area contributed by atoms with Gasteiger partial charge in [0, 0.05) is 28.6 Å². The van der Waals surface area contributed by atoms with Gasteiger partial charge in [-0.25, -0.2) is 0 Å². The Balaban J connectivity index is 1.70. The van der Waals surface area contributed by atoms with Crippen LogP contribution in [-0.4, -0.2) is 4.57 Å².